The van der Waals surface area contributed by atoms with E-state index in [1.165, 1.54) is 16.7 Å². The number of carbonyl (C=O) groups excluding carboxylic acids is 2. The van der Waals surface area contributed by atoms with Crippen molar-refractivity contribution in [3.63, 3.8) is 0 Å². The molecule has 0 bridgehead atoms. The molecular formula is C9H11N3O4S. The lowest BCUT2D eigenvalue weighted by molar-refractivity contribution is -0.145. The molecule has 0 spiro atoms. The van der Waals surface area contributed by atoms with Crippen LogP contribution in [0.5, 0.6) is 0 Å². The average molecular weight is 257 g/mol. The lowest BCUT2D eigenvalue weighted by Crippen LogP contribution is -2.48. The van der Waals surface area contributed by atoms with Gasteiger partial charge in [-0.2, -0.15) is 0 Å². The van der Waals surface area contributed by atoms with Gasteiger partial charge in [-0.15, -0.1) is 11.8 Å². The van der Waals surface area contributed by atoms with Gasteiger partial charge in [-0.1, -0.05) is 0 Å². The number of carboxylic acid groups (broad SMARTS) is 1. The summed E-state index contributed by atoms with van der Waals surface area (Å²) in [6, 6.07) is 0. The molecule has 2 aliphatic heterocycles. The molecule has 0 unspecified atom stereocenters. The van der Waals surface area contributed by atoms with E-state index in [4.69, 9.17) is 10.8 Å². The first-order chi connectivity index (χ1) is 8.04. The highest BCUT2D eigenvalue weighted by Gasteiger charge is 2.48. The molecule has 0 aromatic carbocycles. The number of nitrogens with two attached hydrogens (primary N) is 1. The lowest BCUT2D eigenvalue weighted by atomic mass is 10.1. The summed E-state index contributed by atoms with van der Waals surface area (Å²) in [5.41, 5.74) is 5.10. The zero-order valence-corrected chi connectivity index (χ0v) is 9.62. The number of carboxylic acids is 1. The third-order valence-corrected chi connectivity index (χ3v) is 3.80. The van der Waals surface area contributed by atoms with Crippen molar-refractivity contribution in [2.75, 3.05) is 13.1 Å². The number of hydrogen-bond acceptors (Lipinski definition) is 5. The third-order valence-electron chi connectivity index (χ3n) is 2.52. The second-order valence-corrected chi connectivity index (χ2v) is 4.87. The van der Waals surface area contributed by atoms with Crippen LogP contribution in [0.15, 0.2) is 10.6 Å². The zero-order chi connectivity index (χ0) is 12.6. The van der Waals surface area contributed by atoms with E-state index >= 15 is 0 Å². The number of rotatable bonds is 4. The molecule has 8 heteroatoms. The van der Waals surface area contributed by atoms with Crippen LogP contribution in [0.25, 0.3) is 0 Å². The van der Waals surface area contributed by atoms with Crippen LogP contribution < -0.4 is 11.1 Å². The molecule has 0 radical (unpaired) electrons. The van der Waals surface area contributed by atoms with Gasteiger partial charge in [-0.3, -0.25) is 14.5 Å². The molecule has 92 valence electrons. The van der Waals surface area contributed by atoms with E-state index in [2.05, 4.69) is 5.32 Å². The summed E-state index contributed by atoms with van der Waals surface area (Å²) in [4.78, 5) is 35.1. The van der Waals surface area contributed by atoms with Crippen LogP contribution in [0.3, 0.4) is 0 Å². The molecule has 2 aliphatic rings. The first-order valence-electron chi connectivity index (χ1n) is 4.96. The minimum absolute atomic E-state index is 0.0198. The number of aliphatic carboxylic acids is 1. The maximum Gasteiger partial charge on any atom is 0.353 e. The Balaban J connectivity index is 2.12. The summed E-state index contributed by atoms with van der Waals surface area (Å²) >= 11 is 1.30. The van der Waals surface area contributed by atoms with Crippen molar-refractivity contribution < 1.29 is 19.5 Å². The fraction of sp³-hybridized carbons (Fsp3) is 0.444. The largest absolute Gasteiger partial charge is 0.477 e. The molecule has 2 heterocycles. The van der Waals surface area contributed by atoms with Crippen LogP contribution in [0.1, 0.15) is 6.42 Å². The van der Waals surface area contributed by atoms with Crippen LogP contribution in [0.4, 0.5) is 0 Å². The van der Waals surface area contributed by atoms with Crippen molar-refractivity contribution in [1.29, 1.82) is 0 Å². The van der Waals surface area contributed by atoms with Gasteiger partial charge in [0.15, 0.2) is 0 Å². The van der Waals surface area contributed by atoms with Gasteiger partial charge < -0.3 is 16.2 Å². The predicted molar refractivity (Wildman–Crippen MR) is 59.6 cm³/mol. The molecule has 2 amide bonds. The lowest BCUT2D eigenvalue weighted by Gasteiger charge is -2.33. The Morgan fingerprint density at radius 1 is 1.59 bits per heavy atom. The summed E-state index contributed by atoms with van der Waals surface area (Å²) < 4.78 is 0. The van der Waals surface area contributed by atoms with E-state index in [-0.39, 0.29) is 36.0 Å². The van der Waals surface area contributed by atoms with Gasteiger partial charge >= 0.3 is 5.97 Å². The van der Waals surface area contributed by atoms with Crippen LogP contribution in [0, 0.1) is 0 Å². The Kier molecular flexibility index (Phi) is 3.07. The second kappa shape index (κ2) is 4.38. The van der Waals surface area contributed by atoms with E-state index in [1.807, 2.05) is 0 Å². The summed E-state index contributed by atoms with van der Waals surface area (Å²) in [6.45, 7) is -0.0466. The summed E-state index contributed by atoms with van der Waals surface area (Å²) in [6.07, 6.45) is 0.343. The Morgan fingerprint density at radius 2 is 2.29 bits per heavy atom. The van der Waals surface area contributed by atoms with E-state index in [9.17, 15) is 14.4 Å². The Labute approximate surface area is 101 Å². The van der Waals surface area contributed by atoms with Crippen molar-refractivity contribution in [3.05, 3.63) is 10.6 Å². The monoisotopic (exact) mass is 257 g/mol. The molecule has 0 aliphatic carbocycles. The molecule has 1 saturated heterocycles. The average Bonchev–Trinajstić information content (AvgIpc) is 2.58. The van der Waals surface area contributed by atoms with Gasteiger partial charge in [0, 0.05) is 4.91 Å². The fourth-order valence-corrected chi connectivity index (χ4v) is 3.04. The van der Waals surface area contributed by atoms with Crippen LogP contribution in [0.2, 0.25) is 0 Å². The summed E-state index contributed by atoms with van der Waals surface area (Å²) in [5, 5.41) is 11.4. The van der Waals surface area contributed by atoms with Gasteiger partial charge in [-0.25, -0.2) is 4.79 Å². The number of amides is 2. The second-order valence-electron chi connectivity index (χ2n) is 3.60. The standard InChI is InChI=1S/C9H11N3O4S/c10-2-5(13)11-3-4-8(9(15)16)12-6(14)1-7(12)17-4/h7H,1-3,10H2,(H,11,13)(H,15,16)/t7-/m0/s1. The number of thioether (sulfide) groups is 1. The quantitative estimate of drug-likeness (QED) is 0.537. The van der Waals surface area contributed by atoms with Gasteiger partial charge in [0.2, 0.25) is 11.8 Å². The minimum Gasteiger partial charge on any atom is -0.477 e. The van der Waals surface area contributed by atoms with Crippen molar-refractivity contribution in [1.82, 2.24) is 10.2 Å². The molecule has 7 nitrogen and oxygen atoms in total. The minimum atomic E-state index is -1.15. The molecule has 1 atom stereocenters. The van der Waals surface area contributed by atoms with Crippen molar-refractivity contribution >= 4 is 29.5 Å². The molecule has 0 aromatic rings. The van der Waals surface area contributed by atoms with E-state index in [1.54, 1.807) is 0 Å². The molecule has 4 N–H and O–H groups in total. The number of fused-ring (bicyclic) bond motifs is 1. The van der Waals surface area contributed by atoms with E-state index in [0.29, 0.717) is 11.3 Å². The third kappa shape index (κ3) is 2.01. The zero-order valence-electron chi connectivity index (χ0n) is 8.80. The van der Waals surface area contributed by atoms with Gasteiger partial charge in [0.1, 0.15) is 5.70 Å². The van der Waals surface area contributed by atoms with Crippen LogP contribution in [-0.4, -0.2) is 46.3 Å². The highest BCUT2D eigenvalue weighted by Crippen LogP contribution is 2.45. The molecule has 0 saturated carbocycles. The van der Waals surface area contributed by atoms with Crippen molar-refractivity contribution in [3.8, 4) is 0 Å². The highest BCUT2D eigenvalue weighted by atomic mass is 32.2. The predicted octanol–water partition coefficient (Wildman–Crippen LogP) is -1.34. The molecule has 17 heavy (non-hydrogen) atoms. The molecule has 2 rings (SSSR count). The highest BCUT2D eigenvalue weighted by molar-refractivity contribution is 8.04. The summed E-state index contributed by atoms with van der Waals surface area (Å²) in [5.74, 6) is -1.70. The van der Waals surface area contributed by atoms with Crippen molar-refractivity contribution in [2.45, 2.75) is 11.8 Å². The van der Waals surface area contributed by atoms with Crippen LogP contribution >= 0.6 is 11.8 Å². The normalized spacial score (nSPS) is 22.3. The smallest absolute Gasteiger partial charge is 0.353 e. The fourth-order valence-electron chi connectivity index (χ4n) is 1.70. The maximum absolute atomic E-state index is 11.3. The Bertz CT molecular complexity index is 434. The number of nitrogens with one attached hydrogen (secondary N) is 1. The summed E-state index contributed by atoms with van der Waals surface area (Å²) in [7, 11) is 0. The van der Waals surface area contributed by atoms with Gasteiger partial charge in [0.05, 0.1) is 24.9 Å². The number of β-lactam (4-membered cyclic amide) rings is 1. The molecule has 0 aromatic heterocycles. The molecular weight excluding hydrogens is 246 g/mol. The van der Waals surface area contributed by atoms with Crippen LogP contribution in [-0.2, 0) is 14.4 Å². The number of hydrogen-bond donors (Lipinski definition) is 3. The SMILES string of the molecule is NCC(=O)NCC1=C(C(=O)O)N2C(=O)C[C@@H]2S1. The Morgan fingerprint density at radius 3 is 2.82 bits per heavy atom. The number of nitrogens with zero attached hydrogens (tertiary/aromatic N) is 1. The van der Waals surface area contributed by atoms with Gasteiger partial charge in [0.25, 0.3) is 0 Å². The maximum atomic E-state index is 11.3. The topological polar surface area (TPSA) is 113 Å². The number of carbonyl (C=O) groups is 3. The van der Waals surface area contributed by atoms with Crippen molar-refractivity contribution in [2.24, 2.45) is 5.73 Å². The van der Waals surface area contributed by atoms with E-state index < -0.39 is 5.97 Å². The van der Waals surface area contributed by atoms with Gasteiger partial charge in [-0.05, 0) is 0 Å². The van der Waals surface area contributed by atoms with E-state index in [0.717, 1.165) is 0 Å². The first kappa shape index (κ1) is 11.9. The molecule has 1 fully saturated rings. The Hall–Kier alpha value is -1.54. The first-order valence-corrected chi connectivity index (χ1v) is 5.84.